The van der Waals surface area contributed by atoms with Gasteiger partial charge in [-0.05, 0) is 18.2 Å². The molecule has 21 heavy (non-hydrogen) atoms. The molecule has 0 radical (unpaired) electrons. The summed E-state index contributed by atoms with van der Waals surface area (Å²) in [6, 6.07) is 13.3. The molecule has 0 aliphatic rings. The number of amides is 1. The van der Waals surface area contributed by atoms with Crippen molar-refractivity contribution in [2.75, 3.05) is 6.61 Å². The molecule has 0 aliphatic heterocycles. The van der Waals surface area contributed by atoms with Crippen LogP contribution in [0, 0.1) is 5.82 Å². The molecule has 2 aromatic carbocycles. The maximum atomic E-state index is 13.3. The third kappa shape index (κ3) is 4.68. The number of rotatable bonds is 5. The number of halogens is 2. The first-order valence-electron chi connectivity index (χ1n) is 6.10. The van der Waals surface area contributed by atoms with E-state index in [9.17, 15) is 9.18 Å². The van der Waals surface area contributed by atoms with Crippen molar-refractivity contribution in [3.63, 3.8) is 0 Å². The molecular formula is C15H12BrFN2O2. The van der Waals surface area contributed by atoms with E-state index in [1.54, 1.807) is 12.1 Å². The van der Waals surface area contributed by atoms with Crippen LogP contribution in [0.2, 0.25) is 0 Å². The maximum Gasteiger partial charge on any atom is 0.277 e. The lowest BCUT2D eigenvalue weighted by molar-refractivity contribution is -0.123. The van der Waals surface area contributed by atoms with Gasteiger partial charge in [0.25, 0.3) is 5.91 Å². The smallest absolute Gasteiger partial charge is 0.277 e. The molecule has 0 aliphatic carbocycles. The summed E-state index contributed by atoms with van der Waals surface area (Å²) in [5, 5.41) is 3.81. The zero-order chi connectivity index (χ0) is 15.1. The number of carbonyl (C=O) groups is 1. The summed E-state index contributed by atoms with van der Waals surface area (Å²) in [5.41, 5.74) is 3.14. The first-order valence-corrected chi connectivity index (χ1v) is 6.90. The Morgan fingerprint density at radius 2 is 1.95 bits per heavy atom. The summed E-state index contributed by atoms with van der Waals surface area (Å²) in [4.78, 5) is 11.5. The lowest BCUT2D eigenvalue weighted by Gasteiger charge is -2.05. The molecule has 0 fully saturated rings. The highest BCUT2D eigenvalue weighted by Gasteiger charge is 2.05. The van der Waals surface area contributed by atoms with Gasteiger partial charge in [0.1, 0.15) is 0 Å². The molecule has 1 amide bonds. The number of hydrogen-bond acceptors (Lipinski definition) is 3. The van der Waals surface area contributed by atoms with Gasteiger partial charge in [0.05, 0.1) is 6.21 Å². The van der Waals surface area contributed by atoms with Crippen molar-refractivity contribution in [2.45, 2.75) is 0 Å². The lowest BCUT2D eigenvalue weighted by Crippen LogP contribution is -2.24. The van der Waals surface area contributed by atoms with Gasteiger partial charge >= 0.3 is 0 Å². The highest BCUT2D eigenvalue weighted by molar-refractivity contribution is 9.10. The van der Waals surface area contributed by atoms with Crippen molar-refractivity contribution in [2.24, 2.45) is 5.10 Å². The summed E-state index contributed by atoms with van der Waals surface area (Å²) in [7, 11) is 0. The highest BCUT2D eigenvalue weighted by Crippen LogP contribution is 2.15. The minimum atomic E-state index is -0.512. The van der Waals surface area contributed by atoms with Crippen LogP contribution in [0.15, 0.2) is 58.1 Å². The van der Waals surface area contributed by atoms with Crippen molar-refractivity contribution in [1.82, 2.24) is 5.43 Å². The fraction of sp³-hybridized carbons (Fsp3) is 0.0667. The summed E-state index contributed by atoms with van der Waals surface area (Å²) < 4.78 is 19.2. The normalized spacial score (nSPS) is 10.6. The van der Waals surface area contributed by atoms with Gasteiger partial charge in [0.2, 0.25) is 0 Å². The Bertz CT molecular complexity index is 662. The topological polar surface area (TPSA) is 50.7 Å². The molecule has 1 N–H and O–H groups in total. The fourth-order valence-electron chi connectivity index (χ4n) is 1.49. The van der Waals surface area contributed by atoms with Crippen LogP contribution in [0.3, 0.4) is 0 Å². The van der Waals surface area contributed by atoms with E-state index in [1.165, 1.54) is 18.3 Å². The fourth-order valence-corrected chi connectivity index (χ4v) is 1.88. The van der Waals surface area contributed by atoms with E-state index in [1.807, 2.05) is 24.3 Å². The molecular weight excluding hydrogens is 339 g/mol. The Kier molecular flexibility index (Phi) is 5.45. The van der Waals surface area contributed by atoms with Crippen molar-refractivity contribution in [1.29, 1.82) is 0 Å². The van der Waals surface area contributed by atoms with Gasteiger partial charge in [-0.25, -0.2) is 9.82 Å². The van der Waals surface area contributed by atoms with Crippen molar-refractivity contribution in [3.05, 3.63) is 64.4 Å². The largest absolute Gasteiger partial charge is 0.481 e. The first-order chi connectivity index (χ1) is 10.2. The zero-order valence-electron chi connectivity index (χ0n) is 10.9. The zero-order valence-corrected chi connectivity index (χ0v) is 12.5. The second kappa shape index (κ2) is 7.54. The molecule has 0 spiro atoms. The first kappa shape index (κ1) is 15.2. The van der Waals surface area contributed by atoms with Crippen LogP contribution < -0.4 is 10.2 Å². The number of nitrogens with one attached hydrogen (secondary N) is 1. The van der Waals surface area contributed by atoms with Gasteiger partial charge < -0.3 is 4.74 Å². The molecule has 0 bridgehead atoms. The van der Waals surface area contributed by atoms with Crippen molar-refractivity contribution < 1.29 is 13.9 Å². The van der Waals surface area contributed by atoms with Gasteiger partial charge in [0.15, 0.2) is 18.2 Å². The predicted octanol–water partition coefficient (Wildman–Crippen LogP) is 3.12. The molecule has 0 saturated heterocycles. The van der Waals surface area contributed by atoms with E-state index in [0.717, 1.165) is 10.0 Å². The van der Waals surface area contributed by atoms with E-state index in [4.69, 9.17) is 4.74 Å². The highest BCUT2D eigenvalue weighted by atomic mass is 79.9. The summed E-state index contributed by atoms with van der Waals surface area (Å²) in [6.07, 6.45) is 1.51. The van der Waals surface area contributed by atoms with E-state index in [0.29, 0.717) is 0 Å². The Morgan fingerprint density at radius 1 is 1.24 bits per heavy atom. The van der Waals surface area contributed by atoms with Crippen LogP contribution in [-0.4, -0.2) is 18.7 Å². The number of carbonyl (C=O) groups excluding carboxylic acids is 1. The molecule has 0 aromatic heterocycles. The second-order valence-electron chi connectivity index (χ2n) is 4.03. The molecule has 0 heterocycles. The van der Waals surface area contributed by atoms with Crippen LogP contribution in [0.1, 0.15) is 5.56 Å². The van der Waals surface area contributed by atoms with Crippen LogP contribution in [-0.2, 0) is 4.79 Å². The molecule has 0 saturated carbocycles. The van der Waals surface area contributed by atoms with Gasteiger partial charge in [-0.1, -0.05) is 46.3 Å². The third-order valence-corrected chi connectivity index (χ3v) is 3.22. The minimum Gasteiger partial charge on any atom is -0.481 e. The van der Waals surface area contributed by atoms with E-state index < -0.39 is 11.7 Å². The van der Waals surface area contributed by atoms with Crippen molar-refractivity contribution in [3.8, 4) is 5.75 Å². The van der Waals surface area contributed by atoms with E-state index >= 15 is 0 Å². The summed E-state index contributed by atoms with van der Waals surface area (Å²) in [5.74, 6) is -0.953. The van der Waals surface area contributed by atoms with Crippen LogP contribution in [0.4, 0.5) is 4.39 Å². The number of hydrazone groups is 1. The molecule has 2 rings (SSSR count). The summed E-state index contributed by atoms with van der Waals surface area (Å²) >= 11 is 3.36. The van der Waals surface area contributed by atoms with Gasteiger partial charge in [-0.2, -0.15) is 5.10 Å². The molecule has 0 unspecified atom stereocenters. The Labute approximate surface area is 129 Å². The number of nitrogens with zero attached hydrogens (tertiary/aromatic N) is 1. The van der Waals surface area contributed by atoms with Crippen LogP contribution in [0.25, 0.3) is 0 Å². The minimum absolute atomic E-state index is 0.0300. The Balaban J connectivity index is 1.83. The van der Waals surface area contributed by atoms with Crippen LogP contribution in [0.5, 0.6) is 5.75 Å². The van der Waals surface area contributed by atoms with Gasteiger partial charge in [-0.3, -0.25) is 4.79 Å². The lowest BCUT2D eigenvalue weighted by atomic mass is 10.2. The number of ether oxygens (including phenoxy) is 1. The molecule has 4 nitrogen and oxygen atoms in total. The molecule has 108 valence electrons. The SMILES string of the molecule is O=C(COc1ccccc1F)NN=Cc1ccccc1Br. The Hall–Kier alpha value is -2.21. The molecule has 6 heteroatoms. The molecule has 2 aromatic rings. The maximum absolute atomic E-state index is 13.3. The summed E-state index contributed by atoms with van der Waals surface area (Å²) in [6.45, 7) is -0.311. The number of hydrogen-bond donors (Lipinski definition) is 1. The monoisotopic (exact) mass is 350 g/mol. The average molecular weight is 351 g/mol. The van der Waals surface area contributed by atoms with Crippen LogP contribution >= 0.6 is 15.9 Å². The predicted molar refractivity (Wildman–Crippen MR) is 81.8 cm³/mol. The second-order valence-corrected chi connectivity index (χ2v) is 4.89. The van der Waals surface area contributed by atoms with Gasteiger partial charge in [0, 0.05) is 10.0 Å². The average Bonchev–Trinajstić information content (AvgIpc) is 2.48. The number of benzene rings is 2. The van der Waals surface area contributed by atoms with Gasteiger partial charge in [-0.15, -0.1) is 0 Å². The quantitative estimate of drug-likeness (QED) is 0.665. The number of para-hydroxylation sites is 1. The standard InChI is InChI=1S/C15H12BrFN2O2/c16-12-6-2-1-5-11(12)9-18-19-15(20)10-21-14-8-4-3-7-13(14)17/h1-9H,10H2,(H,19,20). The third-order valence-electron chi connectivity index (χ3n) is 2.49. The molecule has 0 atom stereocenters. The van der Waals surface area contributed by atoms with Crippen molar-refractivity contribution >= 4 is 28.1 Å². The van der Waals surface area contributed by atoms with E-state index in [2.05, 4.69) is 26.5 Å². The van der Waals surface area contributed by atoms with E-state index in [-0.39, 0.29) is 12.4 Å². The Morgan fingerprint density at radius 3 is 2.71 bits per heavy atom.